The molecule has 2 spiro atoms. The molecule has 0 unspecified atom stereocenters. The monoisotopic (exact) mass is 309 g/mol. The Morgan fingerprint density at radius 1 is 1.11 bits per heavy atom. The van der Waals surface area contributed by atoms with Crippen LogP contribution in [0.15, 0.2) is 16.7 Å². The van der Waals surface area contributed by atoms with Crippen LogP contribution < -0.4 is 10.1 Å². The predicted octanol–water partition coefficient (Wildman–Crippen LogP) is 2.44. The summed E-state index contributed by atoms with van der Waals surface area (Å²) >= 11 is 3.29. The summed E-state index contributed by atoms with van der Waals surface area (Å²) < 4.78 is 6.77. The van der Waals surface area contributed by atoms with Gasteiger partial charge in [-0.05, 0) is 47.7 Å². The van der Waals surface area contributed by atoms with Gasteiger partial charge in [-0.1, -0.05) is 0 Å². The van der Waals surface area contributed by atoms with E-state index in [2.05, 4.69) is 31.4 Å². The highest BCUT2D eigenvalue weighted by Gasteiger charge is 2.59. The van der Waals surface area contributed by atoms with Crippen LogP contribution in [0.2, 0.25) is 0 Å². The van der Waals surface area contributed by atoms with Crippen molar-refractivity contribution in [3.63, 3.8) is 0 Å². The molecule has 3 aliphatic rings. The maximum Gasteiger partial charge on any atom is 0.233 e. The maximum atomic E-state index is 6.03. The first-order valence-electron chi connectivity index (χ1n) is 6.62. The lowest BCUT2D eigenvalue weighted by Gasteiger charge is -2.37. The molecule has 4 rings (SSSR count). The zero-order chi connectivity index (χ0) is 12.2. The fraction of sp³-hybridized carbons (Fsp3) is 0.692. The first kappa shape index (κ1) is 11.2. The summed E-state index contributed by atoms with van der Waals surface area (Å²) in [7, 11) is 0. The zero-order valence-electron chi connectivity index (χ0n) is 10.2. The van der Waals surface area contributed by atoms with Crippen LogP contribution in [0.25, 0.3) is 0 Å². The molecule has 18 heavy (non-hydrogen) atoms. The molecule has 96 valence electrons. The maximum absolute atomic E-state index is 6.03. The van der Waals surface area contributed by atoms with E-state index in [-0.39, 0.29) is 0 Å². The fourth-order valence-corrected chi connectivity index (χ4v) is 3.40. The van der Waals surface area contributed by atoms with Gasteiger partial charge in [0.05, 0.1) is 0 Å². The van der Waals surface area contributed by atoms with Crippen molar-refractivity contribution < 1.29 is 4.74 Å². The molecule has 2 saturated carbocycles. The van der Waals surface area contributed by atoms with E-state index in [1.165, 1.54) is 25.7 Å². The molecular formula is C13H16BrN3O. The molecule has 0 atom stereocenters. The Morgan fingerprint density at radius 2 is 1.78 bits per heavy atom. The van der Waals surface area contributed by atoms with Gasteiger partial charge in [-0.2, -0.15) is 0 Å². The number of piperidine rings is 1. The molecule has 0 bridgehead atoms. The lowest BCUT2D eigenvalue weighted by Crippen LogP contribution is -2.52. The van der Waals surface area contributed by atoms with Gasteiger partial charge in [-0.3, -0.25) is 0 Å². The first-order chi connectivity index (χ1) is 8.67. The Morgan fingerprint density at radius 3 is 2.28 bits per heavy atom. The molecule has 0 aromatic carbocycles. The second-order valence-corrected chi connectivity index (χ2v) is 6.84. The molecular weight excluding hydrogens is 294 g/mol. The van der Waals surface area contributed by atoms with E-state index in [0.29, 0.717) is 23.1 Å². The molecule has 4 nitrogen and oxygen atoms in total. The van der Waals surface area contributed by atoms with Crippen molar-refractivity contribution in [2.75, 3.05) is 0 Å². The number of halogens is 1. The second kappa shape index (κ2) is 3.67. The van der Waals surface area contributed by atoms with Crippen molar-refractivity contribution in [2.45, 2.75) is 55.7 Å². The van der Waals surface area contributed by atoms with E-state index in [0.717, 1.165) is 17.4 Å². The topological polar surface area (TPSA) is 47.0 Å². The number of ether oxygens (including phenoxy) is 1. The highest BCUT2D eigenvalue weighted by atomic mass is 79.9. The van der Waals surface area contributed by atoms with Crippen LogP contribution in [0.3, 0.4) is 0 Å². The fourth-order valence-electron chi connectivity index (χ4n) is 3.19. The summed E-state index contributed by atoms with van der Waals surface area (Å²) in [5.41, 5.74) is 0.782. The van der Waals surface area contributed by atoms with Crippen LogP contribution >= 0.6 is 15.9 Å². The molecule has 0 radical (unpaired) electrons. The third kappa shape index (κ3) is 2.03. The number of nitrogens with one attached hydrogen (secondary N) is 1. The van der Waals surface area contributed by atoms with Gasteiger partial charge in [0.25, 0.3) is 0 Å². The zero-order valence-corrected chi connectivity index (χ0v) is 11.7. The Hall–Kier alpha value is -0.680. The largest absolute Gasteiger partial charge is 0.473 e. The molecule has 2 aliphatic carbocycles. The Balaban J connectivity index is 1.49. The molecule has 1 saturated heterocycles. The third-order valence-corrected chi connectivity index (χ3v) is 4.79. The summed E-state index contributed by atoms with van der Waals surface area (Å²) in [6.45, 7) is 0. The smallest absolute Gasteiger partial charge is 0.233 e. The van der Waals surface area contributed by atoms with Gasteiger partial charge in [0.1, 0.15) is 10.7 Å². The first-order valence-corrected chi connectivity index (χ1v) is 7.42. The van der Waals surface area contributed by atoms with E-state index >= 15 is 0 Å². The van der Waals surface area contributed by atoms with Crippen LogP contribution in [0.5, 0.6) is 5.88 Å². The van der Waals surface area contributed by atoms with Crippen LogP contribution in [-0.2, 0) is 0 Å². The van der Waals surface area contributed by atoms with Gasteiger partial charge in [-0.25, -0.2) is 0 Å². The molecule has 3 fully saturated rings. The Bertz CT molecular complexity index is 448. The molecule has 2 heterocycles. The van der Waals surface area contributed by atoms with Gasteiger partial charge >= 0.3 is 0 Å². The van der Waals surface area contributed by atoms with E-state index < -0.39 is 0 Å². The van der Waals surface area contributed by atoms with Gasteiger partial charge in [0.15, 0.2) is 0 Å². The molecule has 1 aliphatic heterocycles. The number of nitrogens with zero attached hydrogens (tertiary/aromatic N) is 2. The van der Waals surface area contributed by atoms with Crippen molar-refractivity contribution in [3.8, 4) is 5.88 Å². The van der Waals surface area contributed by atoms with E-state index in [9.17, 15) is 0 Å². The van der Waals surface area contributed by atoms with Gasteiger partial charge in [-0.15, -0.1) is 10.2 Å². The van der Waals surface area contributed by atoms with Gasteiger partial charge < -0.3 is 10.1 Å². The van der Waals surface area contributed by atoms with Crippen molar-refractivity contribution in [3.05, 3.63) is 16.7 Å². The average molecular weight is 310 g/mol. The normalized spacial score (nSPS) is 30.4. The summed E-state index contributed by atoms with van der Waals surface area (Å²) in [5, 5.41) is 11.9. The Labute approximate surface area is 115 Å². The van der Waals surface area contributed by atoms with Crippen LogP contribution in [-0.4, -0.2) is 27.4 Å². The van der Waals surface area contributed by atoms with Gasteiger partial charge in [0, 0.05) is 30.0 Å². The number of rotatable bonds is 2. The van der Waals surface area contributed by atoms with E-state index in [4.69, 9.17) is 4.74 Å². The standard InChI is InChI=1S/C13H16BrN3O/c14-10-1-2-11(16-15-10)18-9-7-12(3-4-12)17-13(8-9)5-6-13/h1-2,9,17H,3-8H2. The molecule has 0 amide bonds. The van der Waals surface area contributed by atoms with Gasteiger partial charge in [0.2, 0.25) is 5.88 Å². The number of hydrogen-bond donors (Lipinski definition) is 1. The van der Waals surface area contributed by atoms with Crippen molar-refractivity contribution in [1.82, 2.24) is 15.5 Å². The summed E-state index contributed by atoms with van der Waals surface area (Å²) in [5.74, 6) is 0.650. The SMILES string of the molecule is Brc1ccc(OC2CC3(CC3)NC3(CC3)C2)nn1. The average Bonchev–Trinajstić information content (AvgIpc) is 3.24. The van der Waals surface area contributed by atoms with Crippen LogP contribution in [0, 0.1) is 0 Å². The predicted molar refractivity (Wildman–Crippen MR) is 70.4 cm³/mol. The summed E-state index contributed by atoms with van der Waals surface area (Å²) in [6, 6.07) is 3.77. The number of hydrogen-bond acceptors (Lipinski definition) is 4. The summed E-state index contributed by atoms with van der Waals surface area (Å²) in [6.07, 6.45) is 7.76. The highest BCUT2D eigenvalue weighted by molar-refractivity contribution is 9.10. The van der Waals surface area contributed by atoms with Crippen LogP contribution in [0.4, 0.5) is 0 Å². The lowest BCUT2D eigenvalue weighted by atomic mass is 9.92. The van der Waals surface area contributed by atoms with E-state index in [1.54, 1.807) is 0 Å². The third-order valence-electron chi connectivity index (χ3n) is 4.37. The lowest BCUT2D eigenvalue weighted by molar-refractivity contribution is 0.0950. The van der Waals surface area contributed by atoms with Crippen molar-refractivity contribution >= 4 is 15.9 Å². The van der Waals surface area contributed by atoms with Crippen LogP contribution in [0.1, 0.15) is 38.5 Å². The minimum Gasteiger partial charge on any atom is -0.473 e. The number of aromatic nitrogens is 2. The minimum absolute atomic E-state index is 0.298. The molecule has 1 aromatic rings. The Kier molecular flexibility index (Phi) is 2.28. The minimum atomic E-state index is 0.298. The summed E-state index contributed by atoms with van der Waals surface area (Å²) in [4.78, 5) is 0. The van der Waals surface area contributed by atoms with Crippen molar-refractivity contribution in [1.29, 1.82) is 0 Å². The molecule has 5 heteroatoms. The van der Waals surface area contributed by atoms with Crippen molar-refractivity contribution in [2.24, 2.45) is 0 Å². The van der Waals surface area contributed by atoms with E-state index in [1.807, 2.05) is 12.1 Å². The molecule has 1 N–H and O–H groups in total. The quantitative estimate of drug-likeness (QED) is 0.911. The second-order valence-electron chi connectivity index (χ2n) is 6.03. The highest BCUT2D eigenvalue weighted by Crippen LogP contribution is 2.53. The molecule has 1 aromatic heterocycles.